The highest BCUT2D eigenvalue weighted by Gasteiger charge is 2.36. The first-order valence-electron chi connectivity index (χ1n) is 6.50. The minimum Gasteiger partial charge on any atom is -0.481 e. The van der Waals surface area contributed by atoms with Gasteiger partial charge < -0.3 is 5.11 Å². The number of aromatic nitrogens is 4. The van der Waals surface area contributed by atoms with E-state index in [2.05, 4.69) is 15.5 Å². The van der Waals surface area contributed by atoms with E-state index >= 15 is 0 Å². The van der Waals surface area contributed by atoms with Crippen molar-refractivity contribution in [3.63, 3.8) is 0 Å². The molecule has 3 rings (SSSR count). The van der Waals surface area contributed by atoms with Gasteiger partial charge in [-0.25, -0.2) is 4.68 Å². The number of aliphatic carboxylic acids is 1. The molecular weight excluding hydrogens is 315 g/mol. The zero-order valence-electron chi connectivity index (χ0n) is 10.9. The molecule has 1 fully saturated rings. The monoisotopic (exact) mass is 326 g/mol. The Labute approximate surface area is 130 Å². The van der Waals surface area contributed by atoms with Crippen LogP contribution >= 0.6 is 23.2 Å². The molecule has 110 valence electrons. The van der Waals surface area contributed by atoms with Crippen LogP contribution in [0, 0.1) is 5.92 Å². The number of hydrogen-bond acceptors (Lipinski definition) is 4. The molecule has 1 aromatic carbocycles. The summed E-state index contributed by atoms with van der Waals surface area (Å²) in [6.45, 7) is 0. The number of benzene rings is 1. The van der Waals surface area contributed by atoms with E-state index in [0.717, 1.165) is 12.8 Å². The highest BCUT2D eigenvalue weighted by molar-refractivity contribution is 6.35. The Hall–Kier alpha value is -1.66. The second-order valence-electron chi connectivity index (χ2n) is 5.11. The van der Waals surface area contributed by atoms with Crippen LogP contribution in [0.4, 0.5) is 0 Å². The molecule has 1 heterocycles. The topological polar surface area (TPSA) is 80.9 Å². The van der Waals surface area contributed by atoms with Gasteiger partial charge in [-0.1, -0.05) is 23.2 Å². The number of rotatable bonds is 5. The summed E-state index contributed by atoms with van der Waals surface area (Å²) in [7, 11) is 0. The molecule has 1 atom stereocenters. The average molecular weight is 327 g/mol. The third kappa shape index (κ3) is 3.16. The maximum absolute atomic E-state index is 11.1. The molecule has 0 aliphatic heterocycles. The van der Waals surface area contributed by atoms with Gasteiger partial charge >= 0.3 is 5.97 Å². The van der Waals surface area contributed by atoms with Crippen LogP contribution in [0.1, 0.15) is 25.3 Å². The number of carboxylic acids is 1. The van der Waals surface area contributed by atoms with Crippen molar-refractivity contribution in [3.8, 4) is 11.4 Å². The van der Waals surface area contributed by atoms with Gasteiger partial charge in [0, 0.05) is 15.6 Å². The predicted octanol–water partition coefficient (Wildman–Crippen LogP) is 3.07. The van der Waals surface area contributed by atoms with E-state index in [-0.39, 0.29) is 12.5 Å². The zero-order chi connectivity index (χ0) is 15.0. The fraction of sp³-hybridized carbons (Fsp3) is 0.385. The van der Waals surface area contributed by atoms with E-state index in [1.807, 2.05) is 0 Å². The number of carbonyl (C=O) groups is 1. The van der Waals surface area contributed by atoms with Crippen LogP contribution in [0.3, 0.4) is 0 Å². The van der Waals surface area contributed by atoms with Crippen LogP contribution in [0.2, 0.25) is 10.0 Å². The lowest BCUT2D eigenvalue weighted by atomic mass is 10.1. The van der Waals surface area contributed by atoms with Crippen LogP contribution < -0.4 is 0 Å². The predicted molar refractivity (Wildman–Crippen MR) is 77.3 cm³/mol. The summed E-state index contributed by atoms with van der Waals surface area (Å²) >= 11 is 12.0. The molecule has 2 aromatic rings. The van der Waals surface area contributed by atoms with E-state index in [1.54, 1.807) is 22.9 Å². The Morgan fingerprint density at radius 3 is 2.57 bits per heavy atom. The molecule has 1 saturated carbocycles. The number of nitrogens with zero attached hydrogens (tertiary/aromatic N) is 4. The molecule has 1 N–H and O–H groups in total. The van der Waals surface area contributed by atoms with Crippen LogP contribution in [0.25, 0.3) is 11.4 Å². The first kappa shape index (κ1) is 14.3. The first-order valence-corrected chi connectivity index (χ1v) is 7.26. The summed E-state index contributed by atoms with van der Waals surface area (Å²) in [5.41, 5.74) is 0.675. The second-order valence-corrected chi connectivity index (χ2v) is 5.98. The van der Waals surface area contributed by atoms with E-state index in [4.69, 9.17) is 28.3 Å². The highest BCUT2D eigenvalue weighted by Crippen LogP contribution is 2.42. The Kier molecular flexibility index (Phi) is 3.82. The maximum Gasteiger partial charge on any atom is 0.305 e. The lowest BCUT2D eigenvalue weighted by Crippen LogP contribution is -2.18. The van der Waals surface area contributed by atoms with Crippen LogP contribution in [0.15, 0.2) is 18.2 Å². The summed E-state index contributed by atoms with van der Waals surface area (Å²) in [4.78, 5) is 11.1. The molecular formula is C13H12Cl2N4O2. The summed E-state index contributed by atoms with van der Waals surface area (Å²) < 4.78 is 1.58. The van der Waals surface area contributed by atoms with Crippen LogP contribution in [-0.4, -0.2) is 31.3 Å². The molecule has 0 spiro atoms. The van der Waals surface area contributed by atoms with Crippen molar-refractivity contribution in [1.82, 2.24) is 20.2 Å². The quantitative estimate of drug-likeness (QED) is 0.913. The van der Waals surface area contributed by atoms with Crippen molar-refractivity contribution < 1.29 is 9.90 Å². The SMILES string of the molecule is O=C(O)CC(C1CC1)n1nnnc1-c1cc(Cl)cc(Cl)c1. The average Bonchev–Trinajstić information content (AvgIpc) is 3.11. The fourth-order valence-corrected chi connectivity index (χ4v) is 2.93. The maximum atomic E-state index is 11.1. The van der Waals surface area contributed by atoms with E-state index in [0.29, 0.717) is 27.4 Å². The standard InChI is InChI=1S/C13H12Cl2N4O2/c14-9-3-8(4-10(15)5-9)13-16-17-18-19(13)11(6-12(20)21)7-1-2-7/h3-5,7,11H,1-2,6H2,(H,20,21). The van der Waals surface area contributed by atoms with Gasteiger partial charge in [-0.15, -0.1) is 5.10 Å². The Bertz CT molecular complexity index is 664. The molecule has 8 heteroatoms. The molecule has 1 unspecified atom stereocenters. The van der Waals surface area contributed by atoms with Crippen molar-refractivity contribution in [1.29, 1.82) is 0 Å². The highest BCUT2D eigenvalue weighted by atomic mass is 35.5. The van der Waals surface area contributed by atoms with Gasteiger partial charge in [0.1, 0.15) is 0 Å². The number of carboxylic acid groups (broad SMARTS) is 1. The third-order valence-corrected chi connectivity index (χ3v) is 3.91. The number of hydrogen-bond donors (Lipinski definition) is 1. The normalized spacial score (nSPS) is 15.9. The zero-order valence-corrected chi connectivity index (χ0v) is 12.4. The largest absolute Gasteiger partial charge is 0.481 e. The van der Waals surface area contributed by atoms with E-state index in [1.165, 1.54) is 0 Å². The summed E-state index contributed by atoms with van der Waals surface area (Å²) in [6, 6.07) is 4.79. The Morgan fingerprint density at radius 1 is 1.33 bits per heavy atom. The Balaban J connectivity index is 2.01. The summed E-state index contributed by atoms with van der Waals surface area (Å²) in [6.07, 6.45) is 1.98. The van der Waals surface area contributed by atoms with E-state index < -0.39 is 5.97 Å². The van der Waals surface area contributed by atoms with Gasteiger partial charge in [0.25, 0.3) is 0 Å². The fourth-order valence-electron chi connectivity index (χ4n) is 2.40. The smallest absolute Gasteiger partial charge is 0.305 e. The second kappa shape index (κ2) is 5.61. The first-order chi connectivity index (χ1) is 10.0. The van der Waals surface area contributed by atoms with Gasteiger partial charge in [0.15, 0.2) is 5.82 Å². The molecule has 0 amide bonds. The lowest BCUT2D eigenvalue weighted by Gasteiger charge is -2.15. The van der Waals surface area contributed by atoms with Crippen LogP contribution in [0.5, 0.6) is 0 Å². The van der Waals surface area contributed by atoms with Gasteiger partial charge in [0.05, 0.1) is 12.5 Å². The van der Waals surface area contributed by atoms with Gasteiger partial charge in [0.2, 0.25) is 0 Å². The molecule has 21 heavy (non-hydrogen) atoms. The summed E-state index contributed by atoms with van der Waals surface area (Å²) in [5.74, 6) is -0.0759. The molecule has 6 nitrogen and oxygen atoms in total. The molecule has 1 aliphatic rings. The van der Waals surface area contributed by atoms with Gasteiger partial charge in [-0.05, 0) is 47.4 Å². The molecule has 0 saturated heterocycles. The lowest BCUT2D eigenvalue weighted by molar-refractivity contribution is -0.138. The number of tetrazole rings is 1. The molecule has 1 aliphatic carbocycles. The van der Waals surface area contributed by atoms with E-state index in [9.17, 15) is 4.79 Å². The Morgan fingerprint density at radius 2 is 2.00 bits per heavy atom. The van der Waals surface area contributed by atoms with Gasteiger partial charge in [-0.3, -0.25) is 4.79 Å². The molecule has 0 bridgehead atoms. The number of halogens is 2. The van der Waals surface area contributed by atoms with Crippen molar-refractivity contribution in [2.45, 2.75) is 25.3 Å². The van der Waals surface area contributed by atoms with Crippen molar-refractivity contribution in [3.05, 3.63) is 28.2 Å². The minimum absolute atomic E-state index is 0.00297. The third-order valence-electron chi connectivity index (χ3n) is 3.48. The molecule has 1 aromatic heterocycles. The van der Waals surface area contributed by atoms with Crippen molar-refractivity contribution >= 4 is 29.2 Å². The molecule has 0 radical (unpaired) electrons. The van der Waals surface area contributed by atoms with Crippen molar-refractivity contribution in [2.24, 2.45) is 5.92 Å². The van der Waals surface area contributed by atoms with Gasteiger partial charge in [-0.2, -0.15) is 0 Å². The van der Waals surface area contributed by atoms with Crippen LogP contribution in [-0.2, 0) is 4.79 Å². The summed E-state index contributed by atoms with van der Waals surface area (Å²) in [5, 5.41) is 21.7. The van der Waals surface area contributed by atoms with Crippen molar-refractivity contribution in [2.75, 3.05) is 0 Å². The minimum atomic E-state index is -0.863.